The highest BCUT2D eigenvalue weighted by Crippen LogP contribution is 2.07. The zero-order valence-corrected chi connectivity index (χ0v) is 7.73. The van der Waals surface area contributed by atoms with Crippen molar-refractivity contribution in [2.75, 3.05) is 0 Å². The van der Waals surface area contributed by atoms with Crippen molar-refractivity contribution in [1.82, 2.24) is 9.59 Å². The van der Waals surface area contributed by atoms with Crippen molar-refractivity contribution in [3.05, 3.63) is 23.2 Å². The summed E-state index contributed by atoms with van der Waals surface area (Å²) >= 11 is 1.20. The largest absolute Gasteiger partial charge is 0.292 e. The van der Waals surface area contributed by atoms with Gasteiger partial charge >= 0.3 is 0 Å². The number of hydrogen-bond acceptors (Lipinski definition) is 4. The van der Waals surface area contributed by atoms with Crippen LogP contribution in [-0.2, 0) is 0 Å². The van der Waals surface area contributed by atoms with E-state index < -0.39 is 0 Å². The normalized spacial score (nSPS) is 9.75. The molecule has 0 aliphatic rings. The van der Waals surface area contributed by atoms with Crippen LogP contribution in [0.4, 0.5) is 0 Å². The third kappa shape index (κ3) is 2.54. The third-order valence-electron chi connectivity index (χ3n) is 1.42. The summed E-state index contributed by atoms with van der Waals surface area (Å²) in [5.74, 6) is 0.0479. The van der Waals surface area contributed by atoms with Gasteiger partial charge in [-0.3, -0.25) is 4.79 Å². The zero-order valence-electron chi connectivity index (χ0n) is 6.91. The monoisotopic (exact) mass is 182 g/mol. The number of rotatable bonds is 4. The molecule has 1 aromatic rings. The van der Waals surface area contributed by atoms with Crippen molar-refractivity contribution in [2.24, 2.45) is 0 Å². The molecule has 4 heteroatoms. The highest BCUT2D eigenvalue weighted by molar-refractivity contribution is 7.03. The van der Waals surface area contributed by atoms with E-state index in [-0.39, 0.29) is 5.78 Å². The Morgan fingerprint density at radius 2 is 2.42 bits per heavy atom. The maximum Gasteiger partial charge on any atom is 0.184 e. The quantitative estimate of drug-likeness (QED) is 0.529. The molecule has 0 aliphatic heterocycles. The van der Waals surface area contributed by atoms with Crippen LogP contribution in [0.1, 0.15) is 30.3 Å². The van der Waals surface area contributed by atoms with Crippen molar-refractivity contribution in [2.45, 2.75) is 19.8 Å². The second-order valence-electron chi connectivity index (χ2n) is 2.67. The van der Waals surface area contributed by atoms with Gasteiger partial charge in [-0.1, -0.05) is 10.1 Å². The number of nitrogens with zero attached hydrogens (tertiary/aromatic N) is 2. The molecule has 3 nitrogen and oxygen atoms in total. The molecule has 0 aromatic carbocycles. The Morgan fingerprint density at radius 3 is 2.92 bits per heavy atom. The Morgan fingerprint density at radius 1 is 1.67 bits per heavy atom. The van der Waals surface area contributed by atoms with Crippen molar-refractivity contribution in [3.8, 4) is 0 Å². The van der Waals surface area contributed by atoms with E-state index in [1.165, 1.54) is 11.5 Å². The third-order valence-corrected chi connectivity index (χ3v) is 1.93. The second kappa shape index (κ2) is 4.11. The van der Waals surface area contributed by atoms with E-state index in [1.54, 1.807) is 5.38 Å². The number of carbonyl (C=O) groups excluding carboxylic acids is 1. The van der Waals surface area contributed by atoms with E-state index in [9.17, 15) is 4.79 Å². The van der Waals surface area contributed by atoms with Crippen LogP contribution in [-0.4, -0.2) is 15.4 Å². The molecule has 1 aromatic heterocycles. The molecule has 0 radical (unpaired) electrons. The minimum Gasteiger partial charge on any atom is -0.292 e. The lowest BCUT2D eigenvalue weighted by molar-refractivity contribution is 0.0978. The Hall–Kier alpha value is -1.03. The smallest absolute Gasteiger partial charge is 0.184 e. The Balaban J connectivity index is 2.45. The molecule has 0 amide bonds. The van der Waals surface area contributed by atoms with E-state index in [0.717, 1.165) is 12.0 Å². The molecular weight excluding hydrogens is 172 g/mol. The van der Waals surface area contributed by atoms with Gasteiger partial charge in [0.05, 0.1) is 0 Å². The van der Waals surface area contributed by atoms with Crippen molar-refractivity contribution in [1.29, 1.82) is 0 Å². The minimum absolute atomic E-state index is 0.0479. The van der Waals surface area contributed by atoms with Gasteiger partial charge in [0.1, 0.15) is 5.69 Å². The molecule has 0 aliphatic carbocycles. The summed E-state index contributed by atoms with van der Waals surface area (Å²) in [5.41, 5.74) is 1.49. The molecule has 0 N–H and O–H groups in total. The average Bonchev–Trinajstić information content (AvgIpc) is 2.51. The lowest BCUT2D eigenvalue weighted by atomic mass is 10.1. The Labute approximate surface area is 75.3 Å². The Bertz CT molecular complexity index is 279. The molecule has 1 rings (SSSR count). The molecule has 64 valence electrons. The van der Waals surface area contributed by atoms with Crippen molar-refractivity contribution >= 4 is 17.3 Å². The fraction of sp³-hybridized carbons (Fsp3) is 0.375. The van der Waals surface area contributed by atoms with E-state index >= 15 is 0 Å². The van der Waals surface area contributed by atoms with Crippen LogP contribution in [0, 0.1) is 0 Å². The Kier molecular flexibility index (Phi) is 3.10. The fourth-order valence-corrected chi connectivity index (χ4v) is 1.20. The van der Waals surface area contributed by atoms with E-state index in [4.69, 9.17) is 0 Å². The van der Waals surface area contributed by atoms with Crippen molar-refractivity contribution in [3.63, 3.8) is 0 Å². The topological polar surface area (TPSA) is 42.9 Å². The number of hydrogen-bond donors (Lipinski definition) is 0. The van der Waals surface area contributed by atoms with Crippen LogP contribution >= 0.6 is 11.5 Å². The first-order valence-electron chi connectivity index (χ1n) is 3.65. The van der Waals surface area contributed by atoms with Gasteiger partial charge < -0.3 is 0 Å². The summed E-state index contributed by atoms with van der Waals surface area (Å²) in [5, 5.41) is 5.35. The molecule has 0 spiro atoms. The standard InChI is InChI=1S/C8H10N2OS/c1-6(2)3-4-8(11)7-5-12-10-9-7/h5H,1,3-4H2,2H3. The second-order valence-corrected chi connectivity index (χ2v) is 3.28. The highest BCUT2D eigenvalue weighted by Gasteiger charge is 2.07. The predicted octanol–water partition coefficient (Wildman–Crippen LogP) is 2.08. The van der Waals surface area contributed by atoms with Crippen LogP contribution < -0.4 is 0 Å². The first-order valence-corrected chi connectivity index (χ1v) is 4.48. The number of Topliss-reactive ketones (excluding diaryl/α,β-unsaturated/α-hetero) is 1. The lowest BCUT2D eigenvalue weighted by Crippen LogP contribution is -1.99. The van der Waals surface area contributed by atoms with Crippen LogP contribution in [0.3, 0.4) is 0 Å². The summed E-state index contributed by atoms with van der Waals surface area (Å²) in [4.78, 5) is 11.3. The van der Waals surface area contributed by atoms with Gasteiger partial charge in [0, 0.05) is 11.8 Å². The predicted molar refractivity (Wildman–Crippen MR) is 48.3 cm³/mol. The maximum atomic E-state index is 11.3. The first kappa shape index (κ1) is 9.06. The van der Waals surface area contributed by atoms with Crippen LogP contribution in [0.5, 0.6) is 0 Å². The van der Waals surface area contributed by atoms with Gasteiger partial charge in [-0.25, -0.2) is 0 Å². The van der Waals surface area contributed by atoms with Crippen LogP contribution in [0.25, 0.3) is 0 Å². The molecule has 0 bridgehead atoms. The highest BCUT2D eigenvalue weighted by atomic mass is 32.1. The summed E-state index contributed by atoms with van der Waals surface area (Å²) in [6.07, 6.45) is 1.22. The van der Waals surface area contributed by atoms with Crippen LogP contribution in [0.15, 0.2) is 17.5 Å². The molecule has 0 saturated carbocycles. The van der Waals surface area contributed by atoms with E-state index in [0.29, 0.717) is 12.1 Å². The van der Waals surface area contributed by atoms with Gasteiger partial charge in [0.15, 0.2) is 5.78 Å². The maximum absolute atomic E-state index is 11.3. The minimum atomic E-state index is 0.0479. The number of aromatic nitrogens is 2. The summed E-state index contributed by atoms with van der Waals surface area (Å²) in [7, 11) is 0. The van der Waals surface area contributed by atoms with Gasteiger partial charge in [0.25, 0.3) is 0 Å². The molecule has 0 fully saturated rings. The average molecular weight is 182 g/mol. The summed E-state index contributed by atoms with van der Waals surface area (Å²) < 4.78 is 3.62. The molecule has 0 unspecified atom stereocenters. The van der Waals surface area contributed by atoms with Gasteiger partial charge in [0.2, 0.25) is 0 Å². The number of ketones is 1. The van der Waals surface area contributed by atoms with Crippen LogP contribution in [0.2, 0.25) is 0 Å². The fourth-order valence-electron chi connectivity index (χ4n) is 0.741. The molecule has 1 heterocycles. The van der Waals surface area contributed by atoms with Crippen molar-refractivity contribution < 1.29 is 4.79 Å². The molecule has 0 atom stereocenters. The number of carbonyl (C=O) groups is 1. The van der Waals surface area contributed by atoms with Gasteiger partial charge in [-0.2, -0.15) is 0 Å². The molecule has 12 heavy (non-hydrogen) atoms. The lowest BCUT2D eigenvalue weighted by Gasteiger charge is -1.95. The van der Waals surface area contributed by atoms with E-state index in [1.807, 2.05) is 6.92 Å². The molecule has 0 saturated heterocycles. The van der Waals surface area contributed by atoms with Gasteiger partial charge in [-0.15, -0.1) is 11.7 Å². The summed E-state index contributed by atoms with van der Waals surface area (Å²) in [6, 6.07) is 0. The zero-order chi connectivity index (χ0) is 8.97. The number of allylic oxidation sites excluding steroid dienone is 1. The summed E-state index contributed by atoms with van der Waals surface area (Å²) in [6.45, 7) is 5.63. The first-order chi connectivity index (χ1) is 5.70. The van der Waals surface area contributed by atoms with Gasteiger partial charge in [-0.05, 0) is 24.9 Å². The SMILES string of the molecule is C=C(C)CCC(=O)c1csnn1. The van der Waals surface area contributed by atoms with E-state index in [2.05, 4.69) is 16.2 Å². The molecular formula is C8H10N2OS.